The Morgan fingerprint density at radius 2 is 1.89 bits per heavy atom. The zero-order valence-electron chi connectivity index (χ0n) is 10.5. The molecule has 4 heteroatoms. The van der Waals surface area contributed by atoms with Crippen molar-refractivity contribution in [1.82, 2.24) is 4.98 Å². The standard InChI is InChI=1S/C15H13N3S/c1-11-6-2-3-7-12(11)10-16-18-15-17-13-8-4-5-9-14(13)19-15/h2-10H,1H3,(H,17,18). The van der Waals surface area contributed by atoms with Crippen LogP contribution in [0.25, 0.3) is 10.2 Å². The maximum Gasteiger partial charge on any atom is 0.204 e. The van der Waals surface area contributed by atoms with Gasteiger partial charge in [-0.1, -0.05) is 47.7 Å². The second-order valence-electron chi connectivity index (χ2n) is 4.21. The number of benzene rings is 2. The predicted octanol–water partition coefficient (Wildman–Crippen LogP) is 4.05. The summed E-state index contributed by atoms with van der Waals surface area (Å²) in [5.74, 6) is 0. The highest BCUT2D eigenvalue weighted by atomic mass is 32.1. The van der Waals surface area contributed by atoms with Crippen LogP contribution in [0, 0.1) is 6.92 Å². The molecule has 3 aromatic rings. The van der Waals surface area contributed by atoms with Gasteiger partial charge in [0, 0.05) is 0 Å². The highest BCUT2D eigenvalue weighted by Crippen LogP contribution is 2.25. The average molecular weight is 267 g/mol. The number of hydrogen-bond donors (Lipinski definition) is 1. The van der Waals surface area contributed by atoms with Crippen LogP contribution in [-0.4, -0.2) is 11.2 Å². The van der Waals surface area contributed by atoms with E-state index in [4.69, 9.17) is 0 Å². The van der Waals surface area contributed by atoms with Gasteiger partial charge < -0.3 is 0 Å². The maximum atomic E-state index is 4.46. The number of hydrogen-bond acceptors (Lipinski definition) is 4. The van der Waals surface area contributed by atoms with E-state index in [0.717, 1.165) is 20.9 Å². The molecule has 1 aromatic heterocycles. The van der Waals surface area contributed by atoms with Gasteiger partial charge in [-0.15, -0.1) is 0 Å². The fraction of sp³-hybridized carbons (Fsp3) is 0.0667. The van der Waals surface area contributed by atoms with E-state index in [1.165, 1.54) is 5.56 Å². The van der Waals surface area contributed by atoms with Crippen LogP contribution >= 0.6 is 11.3 Å². The molecule has 1 N–H and O–H groups in total. The third kappa shape index (κ3) is 2.63. The van der Waals surface area contributed by atoms with E-state index in [-0.39, 0.29) is 0 Å². The number of rotatable bonds is 3. The molecule has 3 nitrogen and oxygen atoms in total. The van der Waals surface area contributed by atoms with Gasteiger partial charge in [-0.05, 0) is 30.2 Å². The largest absolute Gasteiger partial charge is 0.253 e. The molecule has 3 rings (SSSR count). The fourth-order valence-corrected chi connectivity index (χ4v) is 2.62. The number of hydrazone groups is 1. The minimum absolute atomic E-state index is 0.811. The van der Waals surface area contributed by atoms with Crippen molar-refractivity contribution in [3.63, 3.8) is 0 Å². The van der Waals surface area contributed by atoms with Crippen LogP contribution in [0.5, 0.6) is 0 Å². The molecule has 0 aliphatic carbocycles. The van der Waals surface area contributed by atoms with E-state index < -0.39 is 0 Å². The lowest BCUT2D eigenvalue weighted by atomic mass is 10.1. The average Bonchev–Trinajstić information content (AvgIpc) is 2.83. The SMILES string of the molecule is Cc1ccccc1C=NNc1nc2ccccc2s1. The van der Waals surface area contributed by atoms with Crippen LogP contribution in [0.15, 0.2) is 53.6 Å². The fourth-order valence-electron chi connectivity index (χ4n) is 1.81. The summed E-state index contributed by atoms with van der Waals surface area (Å²) in [6.45, 7) is 2.07. The summed E-state index contributed by atoms with van der Waals surface area (Å²) < 4.78 is 1.16. The maximum absolute atomic E-state index is 4.46. The van der Waals surface area contributed by atoms with E-state index in [0.29, 0.717) is 0 Å². The molecular weight excluding hydrogens is 254 g/mol. The Bertz CT molecular complexity index is 698. The molecule has 0 radical (unpaired) electrons. The molecule has 0 saturated carbocycles. The number of fused-ring (bicyclic) bond motifs is 1. The van der Waals surface area contributed by atoms with Gasteiger partial charge in [-0.3, -0.25) is 5.43 Å². The first-order chi connectivity index (χ1) is 9.33. The van der Waals surface area contributed by atoms with E-state index in [1.54, 1.807) is 11.3 Å². The second-order valence-corrected chi connectivity index (χ2v) is 5.24. The number of nitrogens with zero attached hydrogens (tertiary/aromatic N) is 2. The van der Waals surface area contributed by atoms with Crippen LogP contribution < -0.4 is 5.43 Å². The Kier molecular flexibility index (Phi) is 3.25. The van der Waals surface area contributed by atoms with Gasteiger partial charge >= 0.3 is 0 Å². The third-order valence-corrected chi connectivity index (χ3v) is 3.79. The number of anilines is 1. The van der Waals surface area contributed by atoms with Crippen LogP contribution in [0.1, 0.15) is 11.1 Å². The summed E-state index contributed by atoms with van der Waals surface area (Å²) in [7, 11) is 0. The van der Waals surface area contributed by atoms with Crippen molar-refractivity contribution < 1.29 is 0 Å². The van der Waals surface area contributed by atoms with Gasteiger partial charge in [0.15, 0.2) is 0 Å². The van der Waals surface area contributed by atoms with Crippen molar-refractivity contribution in [3.05, 3.63) is 59.7 Å². The van der Waals surface area contributed by atoms with Gasteiger partial charge in [0.05, 0.1) is 16.4 Å². The van der Waals surface area contributed by atoms with Crippen molar-refractivity contribution >= 4 is 32.9 Å². The number of para-hydroxylation sites is 1. The zero-order valence-corrected chi connectivity index (χ0v) is 11.3. The molecule has 0 spiro atoms. The zero-order chi connectivity index (χ0) is 13.1. The predicted molar refractivity (Wildman–Crippen MR) is 82.0 cm³/mol. The minimum atomic E-state index is 0.811. The number of aromatic nitrogens is 1. The van der Waals surface area contributed by atoms with Crippen molar-refractivity contribution in [2.75, 3.05) is 5.43 Å². The molecule has 19 heavy (non-hydrogen) atoms. The molecule has 0 bridgehead atoms. The topological polar surface area (TPSA) is 37.3 Å². The van der Waals surface area contributed by atoms with Crippen molar-refractivity contribution in [2.24, 2.45) is 5.10 Å². The number of aryl methyl sites for hydroxylation is 1. The van der Waals surface area contributed by atoms with E-state index in [2.05, 4.69) is 34.6 Å². The van der Waals surface area contributed by atoms with Crippen molar-refractivity contribution in [2.45, 2.75) is 6.92 Å². The Labute approximate surface area is 115 Å². The Morgan fingerprint density at radius 3 is 2.74 bits per heavy atom. The molecule has 0 aliphatic heterocycles. The Balaban J connectivity index is 1.77. The molecule has 0 fully saturated rings. The summed E-state index contributed by atoms with van der Waals surface area (Å²) in [4.78, 5) is 4.46. The van der Waals surface area contributed by atoms with Crippen LogP contribution in [-0.2, 0) is 0 Å². The summed E-state index contributed by atoms with van der Waals surface area (Å²) in [5.41, 5.74) is 6.30. The minimum Gasteiger partial charge on any atom is -0.253 e. The van der Waals surface area contributed by atoms with Crippen LogP contribution in [0.3, 0.4) is 0 Å². The van der Waals surface area contributed by atoms with E-state index in [1.807, 2.05) is 42.6 Å². The smallest absolute Gasteiger partial charge is 0.204 e. The molecule has 0 saturated heterocycles. The first-order valence-electron chi connectivity index (χ1n) is 6.03. The van der Waals surface area contributed by atoms with E-state index >= 15 is 0 Å². The monoisotopic (exact) mass is 267 g/mol. The van der Waals surface area contributed by atoms with Gasteiger partial charge in [0.25, 0.3) is 0 Å². The molecule has 1 heterocycles. The van der Waals surface area contributed by atoms with E-state index in [9.17, 15) is 0 Å². The Hall–Kier alpha value is -2.20. The molecule has 2 aromatic carbocycles. The van der Waals surface area contributed by atoms with Gasteiger partial charge in [-0.2, -0.15) is 5.10 Å². The summed E-state index contributed by atoms with van der Waals surface area (Å²) in [6.07, 6.45) is 1.82. The van der Waals surface area contributed by atoms with Gasteiger partial charge in [-0.25, -0.2) is 4.98 Å². The first-order valence-corrected chi connectivity index (χ1v) is 6.85. The van der Waals surface area contributed by atoms with Crippen molar-refractivity contribution in [3.8, 4) is 0 Å². The molecular formula is C15H13N3S. The molecule has 0 amide bonds. The first kappa shape index (κ1) is 11.9. The molecule has 0 unspecified atom stereocenters. The highest BCUT2D eigenvalue weighted by molar-refractivity contribution is 7.22. The van der Waals surface area contributed by atoms with Crippen LogP contribution in [0.4, 0.5) is 5.13 Å². The van der Waals surface area contributed by atoms with Crippen LogP contribution in [0.2, 0.25) is 0 Å². The summed E-state index contributed by atoms with van der Waals surface area (Å²) in [5, 5.41) is 5.05. The summed E-state index contributed by atoms with van der Waals surface area (Å²) in [6, 6.07) is 16.2. The highest BCUT2D eigenvalue weighted by Gasteiger charge is 2.00. The normalized spacial score (nSPS) is 11.2. The molecule has 94 valence electrons. The Morgan fingerprint density at radius 1 is 1.11 bits per heavy atom. The van der Waals surface area contributed by atoms with Gasteiger partial charge in [0.1, 0.15) is 0 Å². The number of thiazole rings is 1. The lowest BCUT2D eigenvalue weighted by Crippen LogP contribution is -1.91. The summed E-state index contributed by atoms with van der Waals surface area (Å²) >= 11 is 1.60. The van der Waals surface area contributed by atoms with Crippen molar-refractivity contribution in [1.29, 1.82) is 0 Å². The lowest BCUT2D eigenvalue weighted by molar-refractivity contribution is 1.31. The third-order valence-electron chi connectivity index (χ3n) is 2.85. The molecule has 0 aliphatic rings. The lowest BCUT2D eigenvalue weighted by Gasteiger charge is -1.97. The number of nitrogens with one attached hydrogen (secondary N) is 1. The quantitative estimate of drug-likeness (QED) is 0.574. The second kappa shape index (κ2) is 5.20. The van der Waals surface area contributed by atoms with Gasteiger partial charge in [0.2, 0.25) is 5.13 Å². The molecule has 0 atom stereocenters.